The second-order valence-electron chi connectivity index (χ2n) is 6.46. The minimum Gasteiger partial charge on any atom is -0.497 e. The van der Waals surface area contributed by atoms with Gasteiger partial charge in [-0.2, -0.15) is 0 Å². The predicted molar refractivity (Wildman–Crippen MR) is 93.1 cm³/mol. The molecule has 2 aromatic rings. The number of benzene rings is 2. The van der Waals surface area contributed by atoms with Crippen LogP contribution in [0.3, 0.4) is 0 Å². The van der Waals surface area contributed by atoms with Crippen molar-refractivity contribution in [3.63, 3.8) is 0 Å². The molecule has 0 atom stereocenters. The van der Waals surface area contributed by atoms with Crippen molar-refractivity contribution in [2.24, 2.45) is 0 Å². The van der Waals surface area contributed by atoms with Crippen molar-refractivity contribution in [3.05, 3.63) is 65.2 Å². The molecule has 0 spiro atoms. The number of carbonyl (C=O) groups excluding carboxylic acids is 2. The molecule has 24 heavy (non-hydrogen) atoms. The Morgan fingerprint density at radius 3 is 1.58 bits per heavy atom. The highest BCUT2D eigenvalue weighted by Crippen LogP contribution is 2.22. The largest absolute Gasteiger partial charge is 0.497 e. The zero-order valence-corrected chi connectivity index (χ0v) is 14.3. The molecule has 0 saturated heterocycles. The first kappa shape index (κ1) is 17.5. The van der Waals surface area contributed by atoms with Crippen LogP contribution in [0, 0.1) is 0 Å². The molecule has 0 aliphatic rings. The fraction of sp³-hybridized carbons (Fsp3) is 0.263. The van der Waals surface area contributed by atoms with Crippen molar-refractivity contribution < 1.29 is 14.3 Å². The van der Waals surface area contributed by atoms with Gasteiger partial charge < -0.3 is 4.74 Å². The molecule has 0 aliphatic carbocycles. The summed E-state index contributed by atoms with van der Waals surface area (Å²) in [5.74, 6) is -0.0934. The molecule has 2 N–H and O–H groups in total. The highest BCUT2D eigenvalue weighted by atomic mass is 16.5. The summed E-state index contributed by atoms with van der Waals surface area (Å²) in [6.45, 7) is 6.32. The summed E-state index contributed by atoms with van der Waals surface area (Å²) < 4.78 is 5.04. The molecule has 2 rings (SSSR count). The van der Waals surface area contributed by atoms with Gasteiger partial charge >= 0.3 is 0 Å². The second kappa shape index (κ2) is 7.17. The third-order valence-corrected chi connectivity index (χ3v) is 3.65. The molecule has 0 radical (unpaired) electrons. The van der Waals surface area contributed by atoms with E-state index in [-0.39, 0.29) is 11.3 Å². The Bertz CT molecular complexity index is 714. The lowest BCUT2D eigenvalue weighted by atomic mass is 9.87. The zero-order valence-electron chi connectivity index (χ0n) is 14.3. The summed E-state index contributed by atoms with van der Waals surface area (Å²) in [6.07, 6.45) is 0. The van der Waals surface area contributed by atoms with Crippen LogP contribution < -0.4 is 15.6 Å². The van der Waals surface area contributed by atoms with Gasteiger partial charge in [-0.05, 0) is 47.4 Å². The molecule has 2 amide bonds. The van der Waals surface area contributed by atoms with Crippen LogP contribution in [0.1, 0.15) is 47.1 Å². The Kier molecular flexibility index (Phi) is 5.24. The number of rotatable bonds is 3. The van der Waals surface area contributed by atoms with Gasteiger partial charge in [0.1, 0.15) is 5.75 Å². The van der Waals surface area contributed by atoms with Crippen molar-refractivity contribution in [2.45, 2.75) is 26.2 Å². The zero-order chi connectivity index (χ0) is 17.7. The number of ether oxygens (including phenoxy) is 1. The van der Waals surface area contributed by atoms with Crippen molar-refractivity contribution in [2.75, 3.05) is 7.11 Å². The molecular formula is C19H22N2O3. The smallest absolute Gasteiger partial charge is 0.269 e. The Labute approximate surface area is 142 Å². The fourth-order valence-corrected chi connectivity index (χ4v) is 2.12. The predicted octanol–water partition coefficient (Wildman–Crippen LogP) is 3.07. The molecular weight excluding hydrogens is 304 g/mol. The van der Waals surface area contributed by atoms with Gasteiger partial charge in [-0.25, -0.2) is 0 Å². The van der Waals surface area contributed by atoms with E-state index in [1.165, 1.54) is 0 Å². The number of hydrogen-bond donors (Lipinski definition) is 2. The third-order valence-electron chi connectivity index (χ3n) is 3.65. The molecule has 126 valence electrons. The standard InChI is InChI=1S/C19H22N2O3/c1-19(2,3)15-9-5-13(6-10-15)17(22)20-21-18(23)14-7-11-16(24-4)12-8-14/h5-12H,1-4H3,(H,20,22)(H,21,23). The van der Waals surface area contributed by atoms with E-state index >= 15 is 0 Å². The molecule has 0 aromatic heterocycles. The van der Waals surface area contributed by atoms with E-state index in [4.69, 9.17) is 4.74 Å². The SMILES string of the molecule is COc1ccc(C(=O)NNC(=O)c2ccc(C(C)(C)C)cc2)cc1. The van der Waals surface area contributed by atoms with E-state index in [0.717, 1.165) is 5.56 Å². The van der Waals surface area contributed by atoms with Crippen LogP contribution >= 0.6 is 0 Å². The lowest BCUT2D eigenvalue weighted by Gasteiger charge is -2.19. The average Bonchev–Trinajstić information content (AvgIpc) is 2.58. The van der Waals surface area contributed by atoms with Crippen LogP contribution in [-0.2, 0) is 5.41 Å². The van der Waals surface area contributed by atoms with Gasteiger partial charge in [-0.3, -0.25) is 20.4 Å². The van der Waals surface area contributed by atoms with E-state index < -0.39 is 5.91 Å². The van der Waals surface area contributed by atoms with Crippen molar-refractivity contribution in [1.29, 1.82) is 0 Å². The number of amides is 2. The van der Waals surface area contributed by atoms with Crippen LogP contribution in [-0.4, -0.2) is 18.9 Å². The molecule has 0 heterocycles. The minimum atomic E-state index is -0.391. The average molecular weight is 326 g/mol. The maximum atomic E-state index is 12.1. The topological polar surface area (TPSA) is 67.4 Å². The maximum absolute atomic E-state index is 12.1. The molecule has 0 bridgehead atoms. The first-order valence-electron chi connectivity index (χ1n) is 7.66. The quantitative estimate of drug-likeness (QED) is 0.852. The number of carbonyl (C=O) groups is 2. The van der Waals surface area contributed by atoms with E-state index in [9.17, 15) is 9.59 Å². The van der Waals surface area contributed by atoms with Crippen molar-refractivity contribution in [1.82, 2.24) is 10.9 Å². The highest BCUT2D eigenvalue weighted by molar-refractivity contribution is 5.99. The fourth-order valence-electron chi connectivity index (χ4n) is 2.12. The Morgan fingerprint density at radius 1 is 0.792 bits per heavy atom. The minimum absolute atomic E-state index is 0.0254. The van der Waals surface area contributed by atoms with Gasteiger partial charge in [-0.1, -0.05) is 32.9 Å². The molecule has 0 saturated carbocycles. The first-order valence-corrected chi connectivity index (χ1v) is 7.66. The molecule has 0 aliphatic heterocycles. The molecule has 5 heteroatoms. The van der Waals surface area contributed by atoms with Gasteiger partial charge in [0.05, 0.1) is 7.11 Å². The van der Waals surface area contributed by atoms with Gasteiger partial charge in [0, 0.05) is 11.1 Å². The summed E-state index contributed by atoms with van der Waals surface area (Å²) in [5.41, 5.74) is 6.89. The highest BCUT2D eigenvalue weighted by Gasteiger charge is 2.14. The Morgan fingerprint density at radius 2 is 1.21 bits per heavy atom. The van der Waals surface area contributed by atoms with E-state index in [2.05, 4.69) is 31.6 Å². The van der Waals surface area contributed by atoms with E-state index in [1.54, 1.807) is 43.5 Å². The Hall–Kier alpha value is -2.82. The van der Waals surface area contributed by atoms with E-state index in [1.807, 2.05) is 12.1 Å². The summed E-state index contributed by atoms with van der Waals surface area (Å²) in [6, 6.07) is 13.9. The maximum Gasteiger partial charge on any atom is 0.269 e. The molecule has 0 fully saturated rings. The number of nitrogens with one attached hydrogen (secondary N) is 2. The number of methoxy groups -OCH3 is 1. The molecule has 0 unspecified atom stereocenters. The first-order chi connectivity index (χ1) is 11.3. The Balaban J connectivity index is 1.95. The summed E-state index contributed by atoms with van der Waals surface area (Å²) in [5, 5.41) is 0. The summed E-state index contributed by atoms with van der Waals surface area (Å²) in [4.78, 5) is 24.1. The van der Waals surface area contributed by atoms with Crippen molar-refractivity contribution in [3.8, 4) is 5.75 Å². The monoisotopic (exact) mass is 326 g/mol. The van der Waals surface area contributed by atoms with Crippen LogP contribution in [0.5, 0.6) is 5.75 Å². The van der Waals surface area contributed by atoms with Crippen molar-refractivity contribution >= 4 is 11.8 Å². The van der Waals surface area contributed by atoms with Crippen LogP contribution in [0.25, 0.3) is 0 Å². The second-order valence-corrected chi connectivity index (χ2v) is 6.46. The molecule has 2 aromatic carbocycles. The molecule has 5 nitrogen and oxygen atoms in total. The van der Waals surface area contributed by atoms with Gasteiger partial charge in [0.25, 0.3) is 11.8 Å². The van der Waals surface area contributed by atoms with Gasteiger partial charge in [-0.15, -0.1) is 0 Å². The van der Waals surface area contributed by atoms with Crippen LogP contribution in [0.2, 0.25) is 0 Å². The number of hydrogen-bond acceptors (Lipinski definition) is 3. The number of hydrazine groups is 1. The lowest BCUT2D eigenvalue weighted by molar-refractivity contribution is 0.0846. The van der Waals surface area contributed by atoms with E-state index in [0.29, 0.717) is 16.9 Å². The lowest BCUT2D eigenvalue weighted by Crippen LogP contribution is -2.41. The summed E-state index contributed by atoms with van der Waals surface area (Å²) in [7, 11) is 1.56. The normalized spacial score (nSPS) is 10.8. The third kappa shape index (κ3) is 4.35. The van der Waals surface area contributed by atoms with Gasteiger partial charge in [0.2, 0.25) is 0 Å². The van der Waals surface area contributed by atoms with Gasteiger partial charge in [0.15, 0.2) is 0 Å². The van der Waals surface area contributed by atoms with Crippen LogP contribution in [0.4, 0.5) is 0 Å². The van der Waals surface area contributed by atoms with Crippen LogP contribution in [0.15, 0.2) is 48.5 Å². The summed E-state index contributed by atoms with van der Waals surface area (Å²) >= 11 is 0.